The van der Waals surface area contributed by atoms with Gasteiger partial charge in [-0.3, -0.25) is 4.79 Å². The highest BCUT2D eigenvalue weighted by molar-refractivity contribution is 5.73. The maximum absolute atomic E-state index is 11.5. The number of nitrogens with zero attached hydrogens (tertiary/aromatic N) is 4. The second kappa shape index (κ2) is 8.24. The standard InChI is InChI=1S/C20H27N5O2/c1-14(2)27-18-7-5-17(6-8-18)22-20-21-15(3)13-19(23-20)25-11-9-24(10-12-25)16(4)26/h5-8,13-14H,9-12H2,1-4H3,(H,21,22,23). The summed E-state index contributed by atoms with van der Waals surface area (Å²) < 4.78 is 5.67. The molecule has 2 aromatic rings. The molecule has 2 heterocycles. The molecule has 1 aliphatic heterocycles. The highest BCUT2D eigenvalue weighted by atomic mass is 16.5. The molecule has 27 heavy (non-hydrogen) atoms. The Hall–Kier alpha value is -2.83. The summed E-state index contributed by atoms with van der Waals surface area (Å²) in [4.78, 5) is 24.7. The van der Waals surface area contributed by atoms with Crippen molar-refractivity contribution in [1.29, 1.82) is 0 Å². The number of aromatic nitrogens is 2. The van der Waals surface area contributed by atoms with Crippen LogP contribution in [0.15, 0.2) is 30.3 Å². The number of hydrogen-bond acceptors (Lipinski definition) is 6. The number of benzene rings is 1. The third kappa shape index (κ3) is 5.09. The summed E-state index contributed by atoms with van der Waals surface area (Å²) in [5.74, 6) is 2.41. The van der Waals surface area contributed by atoms with Crippen molar-refractivity contribution in [2.24, 2.45) is 0 Å². The van der Waals surface area contributed by atoms with Crippen LogP contribution in [0.2, 0.25) is 0 Å². The minimum absolute atomic E-state index is 0.126. The summed E-state index contributed by atoms with van der Waals surface area (Å²) in [6, 6.07) is 9.75. The van der Waals surface area contributed by atoms with Crippen LogP contribution in [0.1, 0.15) is 26.5 Å². The van der Waals surface area contributed by atoms with E-state index in [4.69, 9.17) is 4.74 Å². The number of carbonyl (C=O) groups excluding carboxylic acids is 1. The zero-order valence-corrected chi connectivity index (χ0v) is 16.4. The van der Waals surface area contributed by atoms with Crippen LogP contribution in [0.3, 0.4) is 0 Å². The van der Waals surface area contributed by atoms with E-state index in [0.717, 1.165) is 49.1 Å². The van der Waals surface area contributed by atoms with Gasteiger partial charge < -0.3 is 19.9 Å². The first-order valence-corrected chi connectivity index (χ1v) is 9.30. The summed E-state index contributed by atoms with van der Waals surface area (Å²) in [6.45, 7) is 10.6. The average Bonchev–Trinajstić information content (AvgIpc) is 2.62. The van der Waals surface area contributed by atoms with Gasteiger partial charge in [-0.1, -0.05) is 0 Å². The molecule has 144 valence electrons. The van der Waals surface area contributed by atoms with E-state index in [2.05, 4.69) is 20.2 Å². The van der Waals surface area contributed by atoms with Crippen LogP contribution in [0, 0.1) is 6.92 Å². The van der Waals surface area contributed by atoms with Crippen molar-refractivity contribution in [3.05, 3.63) is 36.0 Å². The molecule has 1 fully saturated rings. The SMILES string of the molecule is CC(=O)N1CCN(c2cc(C)nc(Nc3ccc(OC(C)C)cc3)n2)CC1. The average molecular weight is 369 g/mol. The fraction of sp³-hybridized carbons (Fsp3) is 0.450. The Morgan fingerprint density at radius 2 is 1.78 bits per heavy atom. The number of nitrogens with one attached hydrogen (secondary N) is 1. The van der Waals surface area contributed by atoms with E-state index in [-0.39, 0.29) is 12.0 Å². The normalized spacial score (nSPS) is 14.4. The van der Waals surface area contributed by atoms with Crippen LogP contribution in [-0.2, 0) is 4.79 Å². The third-order valence-electron chi connectivity index (χ3n) is 4.37. The summed E-state index contributed by atoms with van der Waals surface area (Å²) in [5.41, 5.74) is 1.81. The number of aryl methyl sites for hydroxylation is 1. The molecular formula is C20H27N5O2. The van der Waals surface area contributed by atoms with Crippen molar-refractivity contribution in [2.75, 3.05) is 36.4 Å². The van der Waals surface area contributed by atoms with Gasteiger partial charge in [-0.15, -0.1) is 0 Å². The Morgan fingerprint density at radius 3 is 2.37 bits per heavy atom. The molecule has 1 aromatic carbocycles. The van der Waals surface area contributed by atoms with Crippen molar-refractivity contribution in [2.45, 2.75) is 33.8 Å². The summed E-state index contributed by atoms with van der Waals surface area (Å²) >= 11 is 0. The van der Waals surface area contributed by atoms with Crippen molar-refractivity contribution in [1.82, 2.24) is 14.9 Å². The number of amides is 1. The van der Waals surface area contributed by atoms with Gasteiger partial charge in [0, 0.05) is 50.6 Å². The largest absolute Gasteiger partial charge is 0.491 e. The van der Waals surface area contributed by atoms with Crippen molar-refractivity contribution in [3.8, 4) is 5.75 Å². The van der Waals surface area contributed by atoms with Crippen LogP contribution >= 0.6 is 0 Å². The molecule has 1 saturated heterocycles. The number of rotatable bonds is 5. The van der Waals surface area contributed by atoms with Crippen molar-refractivity contribution < 1.29 is 9.53 Å². The quantitative estimate of drug-likeness (QED) is 0.874. The molecule has 0 spiro atoms. The van der Waals surface area contributed by atoms with E-state index in [1.807, 2.05) is 56.0 Å². The first-order valence-electron chi connectivity index (χ1n) is 9.30. The van der Waals surface area contributed by atoms with Crippen LogP contribution in [0.5, 0.6) is 5.75 Å². The van der Waals surface area contributed by atoms with Crippen LogP contribution in [0.4, 0.5) is 17.5 Å². The van der Waals surface area contributed by atoms with E-state index >= 15 is 0 Å². The van der Waals surface area contributed by atoms with E-state index in [9.17, 15) is 4.79 Å². The smallest absolute Gasteiger partial charge is 0.229 e. The molecular weight excluding hydrogens is 342 g/mol. The molecule has 0 unspecified atom stereocenters. The minimum Gasteiger partial charge on any atom is -0.491 e. The van der Waals surface area contributed by atoms with E-state index in [0.29, 0.717) is 5.95 Å². The zero-order valence-electron chi connectivity index (χ0n) is 16.4. The summed E-state index contributed by atoms with van der Waals surface area (Å²) in [7, 11) is 0. The van der Waals surface area contributed by atoms with Gasteiger partial charge in [0.1, 0.15) is 11.6 Å². The first kappa shape index (κ1) is 18.9. The zero-order chi connectivity index (χ0) is 19.4. The van der Waals surface area contributed by atoms with Gasteiger partial charge in [0.2, 0.25) is 11.9 Å². The highest BCUT2D eigenvalue weighted by Crippen LogP contribution is 2.22. The minimum atomic E-state index is 0.126. The lowest BCUT2D eigenvalue weighted by Gasteiger charge is -2.35. The van der Waals surface area contributed by atoms with E-state index in [1.54, 1.807) is 6.92 Å². The molecule has 0 atom stereocenters. The first-order chi connectivity index (χ1) is 12.9. The van der Waals surface area contributed by atoms with Crippen molar-refractivity contribution in [3.63, 3.8) is 0 Å². The van der Waals surface area contributed by atoms with Gasteiger partial charge in [-0.05, 0) is 45.0 Å². The lowest BCUT2D eigenvalue weighted by Crippen LogP contribution is -2.48. The van der Waals surface area contributed by atoms with Crippen LogP contribution in [-0.4, -0.2) is 53.1 Å². The van der Waals surface area contributed by atoms with Gasteiger partial charge in [-0.25, -0.2) is 4.98 Å². The van der Waals surface area contributed by atoms with Crippen molar-refractivity contribution >= 4 is 23.4 Å². The van der Waals surface area contributed by atoms with Crippen LogP contribution < -0.4 is 15.0 Å². The molecule has 1 N–H and O–H groups in total. The second-order valence-corrected chi connectivity index (χ2v) is 7.00. The molecule has 0 radical (unpaired) electrons. The fourth-order valence-electron chi connectivity index (χ4n) is 3.04. The lowest BCUT2D eigenvalue weighted by atomic mass is 10.3. The predicted molar refractivity (Wildman–Crippen MR) is 107 cm³/mol. The lowest BCUT2D eigenvalue weighted by molar-refractivity contribution is -0.129. The topological polar surface area (TPSA) is 70.6 Å². The van der Waals surface area contributed by atoms with Gasteiger partial charge in [0.05, 0.1) is 6.10 Å². The molecule has 1 aromatic heterocycles. The summed E-state index contributed by atoms with van der Waals surface area (Å²) in [6.07, 6.45) is 0.148. The second-order valence-electron chi connectivity index (χ2n) is 7.00. The molecule has 3 rings (SSSR count). The monoisotopic (exact) mass is 369 g/mol. The Kier molecular flexibility index (Phi) is 5.78. The number of anilines is 3. The van der Waals surface area contributed by atoms with Gasteiger partial charge >= 0.3 is 0 Å². The Balaban J connectivity index is 1.69. The van der Waals surface area contributed by atoms with Gasteiger partial charge in [-0.2, -0.15) is 4.98 Å². The molecule has 1 aliphatic rings. The maximum Gasteiger partial charge on any atom is 0.229 e. The third-order valence-corrected chi connectivity index (χ3v) is 4.37. The van der Waals surface area contributed by atoms with Crippen LogP contribution in [0.25, 0.3) is 0 Å². The molecule has 1 amide bonds. The van der Waals surface area contributed by atoms with E-state index < -0.39 is 0 Å². The summed E-state index contributed by atoms with van der Waals surface area (Å²) in [5, 5.41) is 3.26. The number of carbonyl (C=O) groups is 1. The number of hydrogen-bond donors (Lipinski definition) is 1. The predicted octanol–water partition coefficient (Wildman–Crippen LogP) is 2.98. The highest BCUT2D eigenvalue weighted by Gasteiger charge is 2.20. The fourth-order valence-corrected chi connectivity index (χ4v) is 3.04. The van der Waals surface area contributed by atoms with E-state index in [1.165, 1.54) is 0 Å². The van der Waals surface area contributed by atoms with Gasteiger partial charge in [0.15, 0.2) is 0 Å². The van der Waals surface area contributed by atoms with Gasteiger partial charge in [0.25, 0.3) is 0 Å². The Bertz CT molecular complexity index is 783. The number of piperazine rings is 1. The molecule has 7 nitrogen and oxygen atoms in total. The Morgan fingerprint density at radius 1 is 1.11 bits per heavy atom. The molecule has 0 saturated carbocycles. The molecule has 0 bridgehead atoms. The maximum atomic E-state index is 11.5. The Labute approximate surface area is 160 Å². The number of ether oxygens (including phenoxy) is 1. The molecule has 7 heteroatoms. The molecule has 0 aliphatic carbocycles.